The number of rotatable bonds is 40. The zero-order valence-electron chi connectivity index (χ0n) is 81.1. The third-order valence-corrected chi connectivity index (χ3v) is 28.0. The number of aromatic hydroxyl groups is 3. The highest BCUT2D eigenvalue weighted by Gasteiger charge is 2.24. The van der Waals surface area contributed by atoms with Crippen LogP contribution >= 0.6 is 0 Å². The Balaban J connectivity index is 0.000000134. The Morgan fingerprint density at radius 2 is 0.507 bits per heavy atom. The molecule has 1 unspecified atom stereocenters. The van der Waals surface area contributed by atoms with Crippen LogP contribution in [0.25, 0.3) is 199 Å². The van der Waals surface area contributed by atoms with Gasteiger partial charge >= 0.3 is 0 Å². The molecule has 0 saturated heterocycles. The average molecular weight is 1840 g/mol. The molecule has 12 nitrogen and oxygen atoms in total. The first-order valence-corrected chi connectivity index (χ1v) is 51.2. The van der Waals surface area contributed by atoms with Gasteiger partial charge in [-0.2, -0.15) is 0 Å². The second kappa shape index (κ2) is 45.2. The average Bonchev–Trinajstić information content (AvgIpc) is 0.739. The van der Waals surface area contributed by atoms with Crippen LogP contribution in [-0.4, -0.2) is 65.0 Å². The quantitative estimate of drug-likeness (QED) is 0.0246. The van der Waals surface area contributed by atoms with Gasteiger partial charge in [0, 0.05) is 62.7 Å². The lowest BCUT2D eigenvalue weighted by molar-refractivity contribution is 0.232. The van der Waals surface area contributed by atoms with Crippen LogP contribution in [0.2, 0.25) is 0 Å². The molecular weight excluding hydrogens is 1720 g/mol. The Kier molecular flexibility index (Phi) is 30.4. The summed E-state index contributed by atoms with van der Waals surface area (Å²) < 4.78 is 18.2. The third kappa shape index (κ3) is 21.5. The van der Waals surface area contributed by atoms with Gasteiger partial charge in [0.1, 0.15) is 34.5 Å². The van der Waals surface area contributed by atoms with Crippen LogP contribution in [0, 0.1) is 5.92 Å². The molecule has 3 heterocycles. The molecule has 0 aliphatic heterocycles. The fourth-order valence-electron chi connectivity index (χ4n) is 20.3. The van der Waals surface area contributed by atoms with Gasteiger partial charge in [0.05, 0.1) is 59.5 Å². The van der Waals surface area contributed by atoms with E-state index in [-0.39, 0.29) is 17.2 Å². The van der Waals surface area contributed by atoms with E-state index < -0.39 is 0 Å². The molecule has 0 fully saturated rings. The van der Waals surface area contributed by atoms with Crippen LogP contribution in [-0.2, 0) is 0 Å². The Morgan fingerprint density at radius 1 is 0.221 bits per heavy atom. The molecule has 0 saturated carbocycles. The number of aromatic nitrogens is 6. The molecule has 0 bridgehead atoms. The summed E-state index contributed by atoms with van der Waals surface area (Å²) in [4.78, 5) is 30.3. The van der Waals surface area contributed by atoms with Gasteiger partial charge in [-0.05, 0) is 183 Å². The predicted octanol–water partition coefficient (Wildman–Crippen LogP) is 35.4. The van der Waals surface area contributed by atoms with Gasteiger partial charge in [0.25, 0.3) is 0 Å². The minimum Gasteiger partial charge on any atom is -0.507 e. The molecule has 1 atom stereocenters. The summed E-state index contributed by atoms with van der Waals surface area (Å²) in [7, 11) is 0. The highest BCUT2D eigenvalue weighted by atomic mass is 16.5. The number of phenols is 3. The smallest absolute Gasteiger partial charge is 0.164 e. The van der Waals surface area contributed by atoms with Gasteiger partial charge in [-0.3, -0.25) is 0 Å². The number of hydrogen-bond acceptors (Lipinski definition) is 12. The molecule has 140 heavy (non-hydrogen) atoms. The van der Waals surface area contributed by atoms with Crippen LogP contribution in [0.3, 0.4) is 0 Å². The SMILES string of the molecule is CCCCC(CC)COc1ccc(-c2nc(-c3ccccc3)cc(-c3ccc4ccc5cccc6ccc3c4c56)n2)c(O)c1.CCCCCCCCCCCCOc1ccc(-c2cc(-c3ccc4ccc5cccc6ccc3c4c56)nc(-c3ccccc3)n2)c(O)c1.CCCCCCCCCCCCOc1ccc(-c2cc(-c3ccccc3)nc(-c3ccc4ccc5cccc6ccc3c4c56)n2)c(O)c1. The molecule has 0 radical (unpaired) electrons. The molecule has 702 valence electrons. The summed E-state index contributed by atoms with van der Waals surface area (Å²) in [5.74, 6) is 4.65. The van der Waals surface area contributed by atoms with E-state index in [1.807, 2.05) is 115 Å². The molecule has 21 aromatic rings. The third-order valence-electron chi connectivity index (χ3n) is 28.0. The Morgan fingerprint density at radius 3 is 0.886 bits per heavy atom. The number of ether oxygens (including phenoxy) is 3. The van der Waals surface area contributed by atoms with E-state index in [9.17, 15) is 15.3 Å². The Hall–Kier alpha value is -14.9. The minimum atomic E-state index is 0.107. The van der Waals surface area contributed by atoms with E-state index in [1.165, 1.54) is 209 Å². The fraction of sp³-hybridized carbons (Fsp3) is 0.250. The van der Waals surface area contributed by atoms with Crippen molar-refractivity contribution in [3.63, 3.8) is 0 Å². The van der Waals surface area contributed by atoms with E-state index >= 15 is 0 Å². The number of phenolic OH excluding ortho intramolecular Hbond substituents is 3. The van der Waals surface area contributed by atoms with Crippen molar-refractivity contribution in [2.75, 3.05) is 19.8 Å². The van der Waals surface area contributed by atoms with Crippen LogP contribution < -0.4 is 14.2 Å². The lowest BCUT2D eigenvalue weighted by Crippen LogP contribution is -2.11. The van der Waals surface area contributed by atoms with E-state index in [0.29, 0.717) is 88.5 Å². The summed E-state index contributed by atoms with van der Waals surface area (Å²) in [5, 5.41) is 55.7. The first-order chi connectivity index (χ1) is 69.0. The molecule has 3 N–H and O–H groups in total. The normalized spacial score (nSPS) is 11.8. The first kappa shape index (κ1) is 94.1. The molecule has 3 aromatic heterocycles. The van der Waals surface area contributed by atoms with Crippen molar-refractivity contribution in [1.29, 1.82) is 0 Å². The zero-order chi connectivity index (χ0) is 95.5. The summed E-state index contributed by atoms with van der Waals surface area (Å²) in [6.45, 7) is 10.9. The maximum atomic E-state index is 11.3. The van der Waals surface area contributed by atoms with Crippen LogP contribution in [0.15, 0.2) is 328 Å². The maximum absolute atomic E-state index is 11.3. The van der Waals surface area contributed by atoms with Crippen molar-refractivity contribution in [3.8, 4) is 136 Å². The van der Waals surface area contributed by atoms with Crippen LogP contribution in [0.1, 0.15) is 182 Å². The van der Waals surface area contributed by atoms with Gasteiger partial charge in [-0.25, -0.2) is 29.9 Å². The monoisotopic (exact) mass is 1840 g/mol. The van der Waals surface area contributed by atoms with Crippen molar-refractivity contribution in [1.82, 2.24) is 29.9 Å². The van der Waals surface area contributed by atoms with Crippen molar-refractivity contribution in [2.45, 2.75) is 182 Å². The van der Waals surface area contributed by atoms with Gasteiger partial charge in [-0.1, -0.05) is 411 Å². The zero-order valence-corrected chi connectivity index (χ0v) is 81.1. The van der Waals surface area contributed by atoms with Gasteiger partial charge in [0.15, 0.2) is 17.5 Å². The standard InChI is InChI=1S/2C44H44N2O2.C40H36N2O2/c1-2-3-4-5-6-7-8-9-10-14-28-48-35-24-27-38(41(47)29-35)40-30-39(45-44(46-40)34-16-12-11-13-17-34)36-25-22-33-21-20-31-18-15-19-32-23-26-37(36)43(33)42(31)32;1-2-3-4-5-6-7-8-9-10-14-28-48-35-24-27-38(41(47)29-35)40-30-39(31-16-12-11-13-17-31)45-44(46-40)37-26-23-34-21-20-32-18-15-19-33-22-25-36(37)43(34)42(32)33;1-3-5-10-26(4-2)25-44-31-19-22-34(37(43)23-31)40-41-35(27-11-7-6-8-12-27)24-36(42-40)32-20-17-30-16-15-28-13-9-14-29-18-21-33(32)39(30)38(28)29/h2*11-13,15-27,29-30,47H,2-10,14,28H2,1H3;6-9,11-24,26,43H,3-5,10,25H2,1-2H3. The molecule has 12 heteroatoms. The van der Waals surface area contributed by atoms with Crippen LogP contribution in [0.4, 0.5) is 0 Å². The number of unbranched alkanes of at least 4 members (excludes halogenated alkanes) is 19. The Labute approximate surface area is 822 Å². The molecule has 0 aliphatic carbocycles. The lowest BCUT2D eigenvalue weighted by Gasteiger charge is -2.17. The van der Waals surface area contributed by atoms with E-state index in [1.54, 1.807) is 18.2 Å². The van der Waals surface area contributed by atoms with E-state index in [4.69, 9.17) is 44.1 Å². The molecule has 18 aromatic carbocycles. The van der Waals surface area contributed by atoms with Crippen molar-refractivity contribution in [2.24, 2.45) is 5.92 Å². The van der Waals surface area contributed by atoms with Crippen molar-refractivity contribution >= 4 is 97.0 Å². The second-order valence-electron chi connectivity index (χ2n) is 37.7. The summed E-state index contributed by atoms with van der Waals surface area (Å²) in [6.07, 6.45) is 30.4. The number of nitrogens with zero attached hydrogens (tertiary/aromatic N) is 6. The second-order valence-corrected chi connectivity index (χ2v) is 37.7. The van der Waals surface area contributed by atoms with Gasteiger partial charge in [-0.15, -0.1) is 0 Å². The summed E-state index contributed by atoms with van der Waals surface area (Å²) in [5.41, 5.74) is 12.4. The highest BCUT2D eigenvalue weighted by Crippen LogP contribution is 2.47. The molecular formula is C128H124N6O6. The fourth-order valence-corrected chi connectivity index (χ4v) is 20.3. The number of hydrogen-bond donors (Lipinski definition) is 3. The van der Waals surface area contributed by atoms with Crippen LogP contribution in [0.5, 0.6) is 34.5 Å². The van der Waals surface area contributed by atoms with E-state index in [2.05, 4.69) is 222 Å². The Bertz CT molecular complexity index is 7410. The van der Waals surface area contributed by atoms with Crippen molar-refractivity contribution in [3.05, 3.63) is 328 Å². The van der Waals surface area contributed by atoms with Gasteiger partial charge in [0.2, 0.25) is 0 Å². The minimum absolute atomic E-state index is 0.107. The maximum Gasteiger partial charge on any atom is 0.164 e. The van der Waals surface area contributed by atoms with Crippen molar-refractivity contribution < 1.29 is 29.5 Å². The molecule has 21 rings (SSSR count). The molecule has 0 spiro atoms. The lowest BCUT2D eigenvalue weighted by atomic mass is 9.91. The predicted molar refractivity (Wildman–Crippen MR) is 585 cm³/mol. The first-order valence-electron chi connectivity index (χ1n) is 51.2. The topological polar surface area (TPSA) is 166 Å². The molecule has 0 amide bonds. The summed E-state index contributed by atoms with van der Waals surface area (Å²) in [6, 6.07) is 112. The molecule has 0 aliphatic rings. The van der Waals surface area contributed by atoms with E-state index in [0.717, 1.165) is 98.0 Å². The number of benzene rings is 18. The van der Waals surface area contributed by atoms with Gasteiger partial charge < -0.3 is 29.5 Å². The highest BCUT2D eigenvalue weighted by molar-refractivity contribution is 6.28. The largest absolute Gasteiger partial charge is 0.507 e. The summed E-state index contributed by atoms with van der Waals surface area (Å²) >= 11 is 0.